The molecular weight excluding hydrogens is 426 g/mol. The predicted molar refractivity (Wildman–Crippen MR) is 78.9 cm³/mol. The standard InChI is InChI=1S/C17H10F10O2/c18-13(19,14(20,21)16(24,25)28-11-7-3-1-4-8-11)15(22,23)17(26,27)29-12-9-5-2-6-10-12/h1-10H. The molecule has 0 saturated heterocycles. The normalized spacial score (nSPS) is 13.9. The lowest BCUT2D eigenvalue weighted by Gasteiger charge is -2.38. The van der Waals surface area contributed by atoms with Crippen LogP contribution < -0.4 is 9.47 Å². The van der Waals surface area contributed by atoms with Crippen LogP contribution in [0.15, 0.2) is 60.7 Å². The van der Waals surface area contributed by atoms with Crippen molar-refractivity contribution in [2.24, 2.45) is 0 Å². The third-order valence-electron chi connectivity index (χ3n) is 3.50. The van der Waals surface area contributed by atoms with Crippen LogP contribution in [0.5, 0.6) is 11.5 Å². The van der Waals surface area contributed by atoms with Gasteiger partial charge in [-0.25, -0.2) is 0 Å². The maximum absolute atomic E-state index is 13.8. The van der Waals surface area contributed by atoms with Gasteiger partial charge in [-0.15, -0.1) is 0 Å². The van der Waals surface area contributed by atoms with Crippen LogP contribution in [0.3, 0.4) is 0 Å². The van der Waals surface area contributed by atoms with Crippen molar-refractivity contribution in [1.82, 2.24) is 0 Å². The van der Waals surface area contributed by atoms with Crippen LogP contribution >= 0.6 is 0 Å². The van der Waals surface area contributed by atoms with E-state index in [0.717, 1.165) is 24.3 Å². The molecule has 0 radical (unpaired) electrons. The van der Waals surface area contributed by atoms with Gasteiger partial charge in [0.2, 0.25) is 0 Å². The highest BCUT2D eigenvalue weighted by molar-refractivity contribution is 5.23. The van der Waals surface area contributed by atoms with Crippen molar-refractivity contribution in [2.75, 3.05) is 0 Å². The molecule has 2 rings (SSSR count). The van der Waals surface area contributed by atoms with Crippen molar-refractivity contribution >= 4 is 0 Å². The topological polar surface area (TPSA) is 18.5 Å². The Hall–Kier alpha value is -2.66. The van der Waals surface area contributed by atoms with E-state index in [0.29, 0.717) is 24.3 Å². The first-order valence-electron chi connectivity index (χ1n) is 7.53. The smallest absolute Gasteiger partial charge is 0.428 e. The minimum atomic E-state index is -7.30. The van der Waals surface area contributed by atoms with E-state index in [-0.39, 0.29) is 0 Å². The van der Waals surface area contributed by atoms with Gasteiger partial charge in [0.15, 0.2) is 0 Å². The van der Waals surface area contributed by atoms with E-state index in [1.54, 1.807) is 0 Å². The summed E-state index contributed by atoms with van der Waals surface area (Å²) in [4.78, 5) is 0. The summed E-state index contributed by atoms with van der Waals surface area (Å²) in [5, 5.41) is 0. The molecule has 0 aliphatic carbocycles. The van der Waals surface area contributed by atoms with Crippen LogP contribution in [0.1, 0.15) is 0 Å². The van der Waals surface area contributed by atoms with Crippen LogP contribution in [0.25, 0.3) is 0 Å². The molecule has 0 atom stereocenters. The summed E-state index contributed by atoms with van der Waals surface area (Å²) < 4.78 is 144. The Labute approximate surface area is 156 Å². The Morgan fingerprint density at radius 2 is 0.690 bits per heavy atom. The third kappa shape index (κ3) is 3.92. The largest absolute Gasteiger partial charge is 0.471 e. The summed E-state index contributed by atoms with van der Waals surface area (Å²) in [5.74, 6) is -23.6. The minimum absolute atomic E-state index is 0.632. The summed E-state index contributed by atoms with van der Waals surface area (Å²) >= 11 is 0. The van der Waals surface area contributed by atoms with E-state index in [9.17, 15) is 43.9 Å². The first-order chi connectivity index (χ1) is 13.2. The number of benzene rings is 2. The Kier molecular flexibility index (Phi) is 5.70. The van der Waals surface area contributed by atoms with E-state index in [1.807, 2.05) is 0 Å². The van der Waals surface area contributed by atoms with E-state index in [1.165, 1.54) is 12.1 Å². The molecule has 0 bridgehead atoms. The SMILES string of the molecule is FC(F)(Oc1ccccc1)C(F)(F)C(F)(F)C(F)(F)C(F)(F)Oc1ccccc1. The highest BCUT2D eigenvalue weighted by Crippen LogP contribution is 2.57. The number of ether oxygens (including phenoxy) is 2. The summed E-state index contributed by atoms with van der Waals surface area (Å²) in [6.07, 6.45) is -12.6. The zero-order valence-electron chi connectivity index (χ0n) is 13.9. The van der Waals surface area contributed by atoms with Crippen LogP contribution in [0.2, 0.25) is 0 Å². The van der Waals surface area contributed by atoms with Gasteiger partial charge in [-0.3, -0.25) is 0 Å². The Balaban J connectivity index is 2.38. The number of rotatable bonds is 8. The average Bonchev–Trinajstić information content (AvgIpc) is 2.62. The van der Waals surface area contributed by atoms with Gasteiger partial charge in [-0.05, 0) is 24.3 Å². The maximum atomic E-state index is 13.8. The number of hydrogen-bond acceptors (Lipinski definition) is 2. The van der Waals surface area contributed by atoms with E-state index >= 15 is 0 Å². The van der Waals surface area contributed by atoms with Crippen molar-refractivity contribution in [3.63, 3.8) is 0 Å². The predicted octanol–water partition coefficient (Wildman–Crippen LogP) is 6.24. The van der Waals surface area contributed by atoms with Crippen LogP contribution in [-0.4, -0.2) is 30.0 Å². The summed E-state index contributed by atoms with van der Waals surface area (Å²) in [7, 11) is 0. The molecular formula is C17H10F10O2. The van der Waals surface area contributed by atoms with Gasteiger partial charge in [0.1, 0.15) is 11.5 Å². The average molecular weight is 436 g/mol. The summed E-state index contributed by atoms with van der Waals surface area (Å²) in [6, 6.07) is 8.90. The molecule has 0 aliphatic rings. The number of para-hydroxylation sites is 2. The zero-order chi connectivity index (χ0) is 22.1. The Bertz CT molecular complexity index is 742. The molecule has 2 nitrogen and oxygen atoms in total. The molecule has 0 amide bonds. The second kappa shape index (κ2) is 7.30. The fraction of sp³-hybridized carbons (Fsp3) is 0.294. The van der Waals surface area contributed by atoms with Gasteiger partial charge in [0.05, 0.1) is 0 Å². The van der Waals surface area contributed by atoms with Crippen LogP contribution in [-0.2, 0) is 0 Å². The molecule has 0 unspecified atom stereocenters. The van der Waals surface area contributed by atoms with Crippen molar-refractivity contribution in [3.8, 4) is 11.5 Å². The van der Waals surface area contributed by atoms with Gasteiger partial charge in [-0.2, -0.15) is 43.9 Å². The molecule has 2 aromatic carbocycles. The fourth-order valence-electron chi connectivity index (χ4n) is 1.96. The second-order valence-electron chi connectivity index (χ2n) is 5.59. The monoisotopic (exact) mass is 436 g/mol. The van der Waals surface area contributed by atoms with E-state index in [4.69, 9.17) is 0 Å². The lowest BCUT2D eigenvalue weighted by Crippen LogP contribution is -2.69. The second-order valence-corrected chi connectivity index (χ2v) is 5.59. The summed E-state index contributed by atoms with van der Waals surface area (Å²) in [6.45, 7) is 0. The molecule has 12 heteroatoms. The van der Waals surface area contributed by atoms with Gasteiger partial charge in [0, 0.05) is 0 Å². The van der Waals surface area contributed by atoms with Gasteiger partial charge < -0.3 is 9.47 Å². The molecule has 0 fully saturated rings. The quantitative estimate of drug-likeness (QED) is 0.457. The minimum Gasteiger partial charge on any atom is -0.428 e. The Morgan fingerprint density at radius 3 is 0.966 bits per heavy atom. The molecule has 0 saturated carbocycles. The van der Waals surface area contributed by atoms with Crippen molar-refractivity contribution in [2.45, 2.75) is 30.0 Å². The molecule has 0 heterocycles. The highest BCUT2D eigenvalue weighted by atomic mass is 19.4. The van der Waals surface area contributed by atoms with Crippen LogP contribution in [0, 0.1) is 0 Å². The molecule has 2 aromatic rings. The third-order valence-corrected chi connectivity index (χ3v) is 3.50. The first kappa shape index (κ1) is 22.6. The van der Waals surface area contributed by atoms with Crippen molar-refractivity contribution in [3.05, 3.63) is 60.7 Å². The van der Waals surface area contributed by atoms with Crippen molar-refractivity contribution < 1.29 is 53.4 Å². The fourth-order valence-corrected chi connectivity index (χ4v) is 1.96. The van der Waals surface area contributed by atoms with Crippen molar-refractivity contribution in [1.29, 1.82) is 0 Å². The Morgan fingerprint density at radius 1 is 0.414 bits per heavy atom. The number of hydrogen-bond donors (Lipinski definition) is 0. The molecule has 0 N–H and O–H groups in total. The van der Waals surface area contributed by atoms with E-state index in [2.05, 4.69) is 9.47 Å². The summed E-state index contributed by atoms with van der Waals surface area (Å²) in [5.41, 5.74) is 0. The van der Waals surface area contributed by atoms with E-state index < -0.39 is 41.5 Å². The van der Waals surface area contributed by atoms with Gasteiger partial charge in [-0.1, -0.05) is 36.4 Å². The first-order valence-corrected chi connectivity index (χ1v) is 7.53. The molecule has 0 aliphatic heterocycles. The zero-order valence-corrected chi connectivity index (χ0v) is 13.9. The van der Waals surface area contributed by atoms with Gasteiger partial charge in [0.25, 0.3) is 0 Å². The lowest BCUT2D eigenvalue weighted by atomic mass is 10.0. The molecule has 160 valence electrons. The van der Waals surface area contributed by atoms with Gasteiger partial charge >= 0.3 is 30.0 Å². The number of halogens is 10. The maximum Gasteiger partial charge on any atom is 0.471 e. The number of alkyl halides is 10. The van der Waals surface area contributed by atoms with Crippen LogP contribution in [0.4, 0.5) is 43.9 Å². The molecule has 0 aromatic heterocycles. The highest BCUT2D eigenvalue weighted by Gasteiger charge is 2.89. The molecule has 0 spiro atoms. The molecule has 29 heavy (non-hydrogen) atoms. The lowest BCUT2D eigenvalue weighted by molar-refractivity contribution is -0.451.